The summed E-state index contributed by atoms with van der Waals surface area (Å²) in [5, 5.41) is 8.28. The van der Waals surface area contributed by atoms with E-state index >= 15 is 8.78 Å². The van der Waals surface area contributed by atoms with Crippen molar-refractivity contribution in [1.29, 1.82) is 5.41 Å². The van der Waals surface area contributed by atoms with Gasteiger partial charge in [-0.25, -0.2) is 8.78 Å². The van der Waals surface area contributed by atoms with E-state index in [0.717, 1.165) is 40.8 Å². The Morgan fingerprint density at radius 2 is 1.74 bits per heavy atom. The van der Waals surface area contributed by atoms with E-state index in [0.29, 0.717) is 35.2 Å². The number of benzene rings is 1. The summed E-state index contributed by atoms with van der Waals surface area (Å²) in [5.41, 5.74) is 5.94. The lowest BCUT2D eigenvalue weighted by Gasteiger charge is -2.37. The molecule has 0 saturated carbocycles. The van der Waals surface area contributed by atoms with Crippen molar-refractivity contribution in [1.82, 2.24) is 4.90 Å². The van der Waals surface area contributed by atoms with Gasteiger partial charge in [-0.15, -0.1) is 0 Å². The zero-order chi connectivity index (χ0) is 29.6. The van der Waals surface area contributed by atoms with Crippen molar-refractivity contribution in [2.45, 2.75) is 81.1 Å². The number of nitrogens with zero attached hydrogens (tertiary/aromatic N) is 1. The number of rotatable bonds is 11. The minimum atomic E-state index is -0.562. The average molecular weight is 535 g/mol. The molecule has 39 heavy (non-hydrogen) atoms. The monoisotopic (exact) mass is 534 g/mol. The Balaban J connectivity index is 3.08. The molecule has 0 bridgehead atoms. The van der Waals surface area contributed by atoms with Gasteiger partial charge >= 0.3 is 0 Å². The van der Waals surface area contributed by atoms with E-state index in [1.165, 1.54) is 12.3 Å². The van der Waals surface area contributed by atoms with Gasteiger partial charge in [-0.3, -0.25) is 0 Å². The molecule has 1 aromatic carbocycles. The fourth-order valence-corrected chi connectivity index (χ4v) is 5.37. The molecule has 1 aliphatic rings. The smallest absolute Gasteiger partial charge is 0.142 e. The summed E-state index contributed by atoms with van der Waals surface area (Å²) in [6.45, 7) is 27.0. The highest BCUT2D eigenvalue weighted by Crippen LogP contribution is 2.42. The second-order valence-corrected chi connectivity index (χ2v) is 11.3. The number of allylic oxidation sites excluding steroid dienone is 8. The third-order valence-corrected chi connectivity index (χ3v) is 8.77. The molecule has 212 valence electrons. The Labute approximate surface area is 236 Å². The van der Waals surface area contributed by atoms with Crippen LogP contribution >= 0.6 is 0 Å². The highest BCUT2D eigenvalue weighted by Gasteiger charge is 2.32. The van der Waals surface area contributed by atoms with Gasteiger partial charge in [0.25, 0.3) is 0 Å². The average Bonchev–Trinajstić information content (AvgIpc) is 2.90. The van der Waals surface area contributed by atoms with Crippen molar-refractivity contribution in [2.75, 3.05) is 6.54 Å². The van der Waals surface area contributed by atoms with E-state index < -0.39 is 11.6 Å². The first-order valence-electron chi connectivity index (χ1n) is 14.2. The zero-order valence-electron chi connectivity index (χ0n) is 25.5. The maximum atomic E-state index is 16.7. The molecule has 1 heterocycles. The molecule has 2 rings (SSSR count). The molecule has 0 fully saturated rings. The van der Waals surface area contributed by atoms with Gasteiger partial charge in [0.15, 0.2) is 0 Å². The fraction of sp³-hybridized carbons (Fsp3) is 0.457. The molecule has 0 aromatic heterocycles. The molecule has 0 spiro atoms. The van der Waals surface area contributed by atoms with Crippen molar-refractivity contribution in [3.63, 3.8) is 0 Å². The molecule has 4 heteroatoms. The van der Waals surface area contributed by atoms with Gasteiger partial charge in [0.05, 0.1) is 11.3 Å². The highest BCUT2D eigenvalue weighted by molar-refractivity contribution is 5.86. The molecule has 0 aliphatic carbocycles. The second kappa shape index (κ2) is 13.9. The summed E-state index contributed by atoms with van der Waals surface area (Å²) in [6.07, 6.45) is 9.79. The van der Waals surface area contributed by atoms with Gasteiger partial charge in [0.1, 0.15) is 11.6 Å². The topological polar surface area (TPSA) is 27.1 Å². The Morgan fingerprint density at radius 3 is 2.26 bits per heavy atom. The van der Waals surface area contributed by atoms with Gasteiger partial charge in [-0.05, 0) is 79.7 Å². The Bertz CT molecular complexity index is 1230. The molecule has 1 aromatic rings. The van der Waals surface area contributed by atoms with Crippen LogP contribution < -0.4 is 0 Å². The molecular formula is C35H48F2N2. The first-order chi connectivity index (χ1) is 18.4. The molecule has 0 radical (unpaired) electrons. The first-order valence-corrected chi connectivity index (χ1v) is 14.2. The van der Waals surface area contributed by atoms with Crippen LogP contribution in [0.4, 0.5) is 8.78 Å². The normalized spacial score (nSPS) is 24.1. The molecule has 3 unspecified atom stereocenters. The summed E-state index contributed by atoms with van der Waals surface area (Å²) < 4.78 is 33.0. The van der Waals surface area contributed by atoms with E-state index in [1.54, 1.807) is 18.2 Å². The lowest BCUT2D eigenvalue weighted by molar-refractivity contribution is 0.341. The van der Waals surface area contributed by atoms with Gasteiger partial charge in [-0.2, -0.15) is 0 Å². The maximum Gasteiger partial charge on any atom is 0.142 e. The van der Waals surface area contributed by atoms with Crippen molar-refractivity contribution in [3.8, 4) is 0 Å². The highest BCUT2D eigenvalue weighted by atomic mass is 19.1. The predicted octanol–water partition coefficient (Wildman–Crippen LogP) is 10.5. The molecule has 2 nitrogen and oxygen atoms in total. The minimum absolute atomic E-state index is 0.00839. The van der Waals surface area contributed by atoms with Crippen LogP contribution in [-0.4, -0.2) is 17.7 Å². The molecule has 0 saturated heterocycles. The Morgan fingerprint density at radius 1 is 1.10 bits per heavy atom. The second-order valence-electron chi connectivity index (χ2n) is 11.3. The Hall–Kier alpha value is -3.01. The van der Waals surface area contributed by atoms with Crippen LogP contribution in [0.3, 0.4) is 0 Å². The van der Waals surface area contributed by atoms with E-state index in [-0.39, 0.29) is 17.4 Å². The van der Waals surface area contributed by atoms with Gasteiger partial charge < -0.3 is 10.3 Å². The summed E-state index contributed by atoms with van der Waals surface area (Å²) in [4.78, 5) is 2.06. The lowest BCUT2D eigenvalue weighted by atomic mass is 9.82. The standard InChI is InChI=1S/C35H48F2N2/c1-12-15-16-29-30(22(6)13-2)19-32(36)33(34(29)37)35-25(9)24(8)28(14-3)26(10)31(20-38)27(11)39(35)18-17-23(7)21(4)5/h12,14-16,19-24,38H,1,3,13,17-18H2,2,4-11H3/b16-15-,28-26-,31-27-,35-25-,38-20?. The number of halogens is 2. The molecular weight excluding hydrogens is 486 g/mol. The van der Waals surface area contributed by atoms with Crippen LogP contribution in [0.1, 0.15) is 97.8 Å². The van der Waals surface area contributed by atoms with Gasteiger partial charge in [0.2, 0.25) is 0 Å². The number of hydrogen-bond donors (Lipinski definition) is 1. The van der Waals surface area contributed by atoms with Crippen LogP contribution in [0.15, 0.2) is 65.4 Å². The quantitative estimate of drug-likeness (QED) is 0.222. The summed E-state index contributed by atoms with van der Waals surface area (Å²) in [6, 6.07) is 1.51. The molecule has 0 amide bonds. The van der Waals surface area contributed by atoms with E-state index in [4.69, 9.17) is 5.41 Å². The lowest BCUT2D eigenvalue weighted by Crippen LogP contribution is -2.30. The van der Waals surface area contributed by atoms with Crippen LogP contribution in [0.25, 0.3) is 11.8 Å². The van der Waals surface area contributed by atoms with Crippen LogP contribution in [0, 0.1) is 34.8 Å². The zero-order valence-corrected chi connectivity index (χ0v) is 25.5. The summed E-state index contributed by atoms with van der Waals surface area (Å²) in [7, 11) is 0. The third kappa shape index (κ3) is 6.59. The molecule has 1 N–H and O–H groups in total. The third-order valence-electron chi connectivity index (χ3n) is 8.77. The first kappa shape index (κ1) is 32.2. The predicted molar refractivity (Wildman–Crippen MR) is 166 cm³/mol. The van der Waals surface area contributed by atoms with Crippen molar-refractivity contribution >= 4 is 18.0 Å². The maximum absolute atomic E-state index is 16.7. The van der Waals surface area contributed by atoms with E-state index in [1.807, 2.05) is 40.7 Å². The SMILES string of the molecule is C=C/C=C\c1c(C(C)CC)cc(F)c(/C2=C(\C)C(C)/C(C=C)=C(C)\C(C=N)=C(\C)N2CCC(C)C(C)C)c1F. The van der Waals surface area contributed by atoms with Gasteiger partial charge in [0, 0.05) is 35.5 Å². The van der Waals surface area contributed by atoms with E-state index in [2.05, 4.69) is 45.8 Å². The summed E-state index contributed by atoms with van der Waals surface area (Å²) in [5.74, 6) is -0.381. The van der Waals surface area contributed by atoms with Crippen LogP contribution in [0.5, 0.6) is 0 Å². The summed E-state index contributed by atoms with van der Waals surface area (Å²) >= 11 is 0. The molecule has 1 aliphatic heterocycles. The van der Waals surface area contributed by atoms with Crippen LogP contribution in [0.2, 0.25) is 0 Å². The minimum Gasteiger partial charge on any atom is -0.344 e. The van der Waals surface area contributed by atoms with Crippen molar-refractivity contribution in [3.05, 3.63) is 93.8 Å². The van der Waals surface area contributed by atoms with Gasteiger partial charge in [-0.1, -0.05) is 79.0 Å². The van der Waals surface area contributed by atoms with E-state index in [9.17, 15) is 0 Å². The molecule has 3 atom stereocenters. The fourth-order valence-electron chi connectivity index (χ4n) is 5.37. The van der Waals surface area contributed by atoms with Crippen molar-refractivity contribution < 1.29 is 8.78 Å². The van der Waals surface area contributed by atoms with Crippen molar-refractivity contribution in [2.24, 2.45) is 17.8 Å². The number of nitrogens with one attached hydrogen (secondary N) is 1. The number of hydrogen-bond acceptors (Lipinski definition) is 2. The largest absolute Gasteiger partial charge is 0.344 e. The Kier molecular flexibility index (Phi) is 11.5. The van der Waals surface area contributed by atoms with Crippen LogP contribution in [-0.2, 0) is 0 Å².